The average molecular weight is 289 g/mol. The lowest BCUT2D eigenvalue weighted by Gasteiger charge is -2.31. The second kappa shape index (κ2) is 7.57. The predicted octanol–water partition coefficient (Wildman–Crippen LogP) is 1.86. The molecular weight excluding hydrogens is 262 g/mol. The molecule has 0 bridgehead atoms. The van der Waals surface area contributed by atoms with Gasteiger partial charge in [0.15, 0.2) is 0 Å². The second-order valence-corrected chi connectivity index (χ2v) is 6.06. The molecule has 1 aromatic carbocycles. The molecule has 1 amide bonds. The Labute approximate surface area is 127 Å². The fourth-order valence-corrected chi connectivity index (χ4v) is 3.00. The van der Waals surface area contributed by atoms with Crippen LogP contribution < -0.4 is 10.6 Å². The fourth-order valence-electron chi connectivity index (χ4n) is 3.00. The van der Waals surface area contributed by atoms with E-state index in [0.29, 0.717) is 12.6 Å². The van der Waals surface area contributed by atoms with E-state index in [1.165, 1.54) is 24.0 Å². The second-order valence-electron chi connectivity index (χ2n) is 6.06. The number of benzene rings is 1. The summed E-state index contributed by atoms with van der Waals surface area (Å²) in [6.45, 7) is 6.67. The van der Waals surface area contributed by atoms with Crippen LogP contribution in [0.5, 0.6) is 0 Å². The van der Waals surface area contributed by atoms with E-state index in [0.717, 1.165) is 13.1 Å². The number of aryl methyl sites for hydroxylation is 1. The Morgan fingerprint density at radius 3 is 2.90 bits per heavy atom. The van der Waals surface area contributed by atoms with Crippen LogP contribution in [0.4, 0.5) is 0 Å². The van der Waals surface area contributed by atoms with Gasteiger partial charge in [-0.15, -0.1) is 0 Å². The molecule has 1 aliphatic rings. The van der Waals surface area contributed by atoms with Crippen molar-refractivity contribution < 1.29 is 4.79 Å². The van der Waals surface area contributed by atoms with Crippen molar-refractivity contribution in [2.75, 3.05) is 26.7 Å². The van der Waals surface area contributed by atoms with Gasteiger partial charge in [0.1, 0.15) is 0 Å². The Morgan fingerprint density at radius 2 is 2.24 bits per heavy atom. The highest BCUT2D eigenvalue weighted by molar-refractivity contribution is 5.78. The molecule has 21 heavy (non-hydrogen) atoms. The van der Waals surface area contributed by atoms with Crippen LogP contribution in [0.1, 0.15) is 36.9 Å². The first kappa shape index (κ1) is 16.0. The Kier molecular flexibility index (Phi) is 5.76. The van der Waals surface area contributed by atoms with Gasteiger partial charge in [-0.2, -0.15) is 0 Å². The summed E-state index contributed by atoms with van der Waals surface area (Å²) in [6, 6.07) is 8.73. The maximum Gasteiger partial charge on any atom is 0.234 e. The van der Waals surface area contributed by atoms with E-state index in [1.54, 1.807) is 0 Å². The minimum absolute atomic E-state index is 0.0524. The summed E-state index contributed by atoms with van der Waals surface area (Å²) >= 11 is 0. The van der Waals surface area contributed by atoms with Gasteiger partial charge >= 0.3 is 0 Å². The molecule has 0 aromatic heterocycles. The number of carbonyl (C=O) groups excluding carboxylic acids is 1. The molecule has 116 valence electrons. The molecule has 4 nitrogen and oxygen atoms in total. The van der Waals surface area contributed by atoms with Gasteiger partial charge in [-0.05, 0) is 51.4 Å². The van der Waals surface area contributed by atoms with Crippen LogP contribution in [-0.2, 0) is 4.79 Å². The highest BCUT2D eigenvalue weighted by Gasteiger charge is 2.20. The SMILES string of the molecule is Cc1ccccc1C(C)NC(=O)CN(C)C1CCCNC1. The van der Waals surface area contributed by atoms with E-state index in [1.807, 2.05) is 26.1 Å². The molecule has 2 atom stereocenters. The van der Waals surface area contributed by atoms with Crippen molar-refractivity contribution in [3.63, 3.8) is 0 Å². The lowest BCUT2D eigenvalue weighted by atomic mass is 10.0. The Balaban J connectivity index is 1.85. The highest BCUT2D eigenvalue weighted by Crippen LogP contribution is 2.16. The molecule has 2 unspecified atom stereocenters. The van der Waals surface area contributed by atoms with Gasteiger partial charge in [0.25, 0.3) is 0 Å². The molecule has 0 saturated carbocycles. The number of hydrogen-bond acceptors (Lipinski definition) is 3. The monoisotopic (exact) mass is 289 g/mol. The summed E-state index contributed by atoms with van der Waals surface area (Å²) in [7, 11) is 2.04. The first-order chi connectivity index (χ1) is 10.1. The fraction of sp³-hybridized carbons (Fsp3) is 0.588. The standard InChI is InChI=1S/C17H27N3O/c1-13-7-4-5-9-16(13)14(2)19-17(21)12-20(3)15-8-6-10-18-11-15/h4-5,7,9,14-15,18H,6,8,10-12H2,1-3H3,(H,19,21). The van der Waals surface area contributed by atoms with Gasteiger partial charge in [0, 0.05) is 12.6 Å². The maximum atomic E-state index is 12.2. The number of amides is 1. The maximum absolute atomic E-state index is 12.2. The van der Waals surface area contributed by atoms with E-state index >= 15 is 0 Å². The zero-order chi connectivity index (χ0) is 15.2. The van der Waals surface area contributed by atoms with E-state index in [4.69, 9.17) is 0 Å². The third-order valence-corrected chi connectivity index (χ3v) is 4.32. The topological polar surface area (TPSA) is 44.4 Å². The first-order valence-corrected chi connectivity index (χ1v) is 7.83. The van der Waals surface area contributed by atoms with E-state index in [2.05, 4.69) is 34.6 Å². The molecule has 1 saturated heterocycles. The van der Waals surface area contributed by atoms with Crippen LogP contribution >= 0.6 is 0 Å². The predicted molar refractivity (Wildman–Crippen MR) is 86.3 cm³/mol. The number of rotatable bonds is 5. The van der Waals surface area contributed by atoms with E-state index in [9.17, 15) is 4.79 Å². The number of nitrogens with zero attached hydrogens (tertiary/aromatic N) is 1. The summed E-state index contributed by atoms with van der Waals surface area (Å²) in [5, 5.41) is 6.50. The van der Waals surface area contributed by atoms with Crippen molar-refractivity contribution in [2.45, 2.75) is 38.8 Å². The minimum Gasteiger partial charge on any atom is -0.348 e. The van der Waals surface area contributed by atoms with Crippen molar-refractivity contribution in [3.05, 3.63) is 35.4 Å². The number of nitrogens with one attached hydrogen (secondary N) is 2. The Morgan fingerprint density at radius 1 is 1.48 bits per heavy atom. The summed E-state index contributed by atoms with van der Waals surface area (Å²) in [4.78, 5) is 14.4. The highest BCUT2D eigenvalue weighted by atomic mass is 16.2. The quantitative estimate of drug-likeness (QED) is 0.869. The molecule has 1 fully saturated rings. The molecule has 2 N–H and O–H groups in total. The average Bonchev–Trinajstić information content (AvgIpc) is 2.48. The van der Waals surface area contributed by atoms with Gasteiger partial charge in [-0.25, -0.2) is 0 Å². The summed E-state index contributed by atoms with van der Waals surface area (Å²) in [5.74, 6) is 0.0961. The zero-order valence-corrected chi connectivity index (χ0v) is 13.4. The smallest absolute Gasteiger partial charge is 0.234 e. The van der Waals surface area contributed by atoms with Crippen molar-refractivity contribution in [1.82, 2.24) is 15.5 Å². The van der Waals surface area contributed by atoms with Crippen molar-refractivity contribution in [1.29, 1.82) is 0 Å². The van der Waals surface area contributed by atoms with Crippen LogP contribution in [0.2, 0.25) is 0 Å². The number of hydrogen-bond donors (Lipinski definition) is 2. The van der Waals surface area contributed by atoms with Crippen molar-refractivity contribution >= 4 is 5.91 Å². The van der Waals surface area contributed by atoms with Crippen LogP contribution in [0.3, 0.4) is 0 Å². The zero-order valence-electron chi connectivity index (χ0n) is 13.4. The molecule has 0 aliphatic carbocycles. The van der Waals surface area contributed by atoms with Gasteiger partial charge in [-0.3, -0.25) is 9.69 Å². The van der Waals surface area contributed by atoms with Crippen LogP contribution in [0.25, 0.3) is 0 Å². The van der Waals surface area contributed by atoms with Crippen LogP contribution in [0.15, 0.2) is 24.3 Å². The molecule has 1 aliphatic heterocycles. The minimum atomic E-state index is 0.0524. The molecule has 0 spiro atoms. The molecular formula is C17H27N3O. The molecule has 0 radical (unpaired) electrons. The van der Waals surface area contributed by atoms with Gasteiger partial charge in [0.05, 0.1) is 12.6 Å². The number of likely N-dealkylation sites (N-methyl/N-ethyl adjacent to an activating group) is 1. The third-order valence-electron chi connectivity index (χ3n) is 4.32. The molecule has 2 rings (SSSR count). The van der Waals surface area contributed by atoms with Gasteiger partial charge in [-0.1, -0.05) is 24.3 Å². The lowest BCUT2D eigenvalue weighted by molar-refractivity contribution is -0.123. The van der Waals surface area contributed by atoms with Crippen LogP contribution in [-0.4, -0.2) is 43.5 Å². The summed E-state index contributed by atoms with van der Waals surface area (Å²) in [5.41, 5.74) is 2.41. The lowest BCUT2D eigenvalue weighted by Crippen LogP contribution is -2.47. The van der Waals surface area contributed by atoms with Gasteiger partial charge < -0.3 is 10.6 Å². The molecule has 1 aromatic rings. The summed E-state index contributed by atoms with van der Waals surface area (Å²) < 4.78 is 0. The van der Waals surface area contributed by atoms with Crippen molar-refractivity contribution in [2.24, 2.45) is 0 Å². The van der Waals surface area contributed by atoms with Crippen LogP contribution in [0, 0.1) is 6.92 Å². The van der Waals surface area contributed by atoms with E-state index in [-0.39, 0.29) is 11.9 Å². The first-order valence-electron chi connectivity index (χ1n) is 7.83. The third kappa shape index (κ3) is 4.55. The van der Waals surface area contributed by atoms with Crippen molar-refractivity contribution in [3.8, 4) is 0 Å². The molecule has 4 heteroatoms. The summed E-state index contributed by atoms with van der Waals surface area (Å²) in [6.07, 6.45) is 2.36. The van der Waals surface area contributed by atoms with E-state index < -0.39 is 0 Å². The normalized spacial score (nSPS) is 20.3. The molecule has 1 heterocycles. The Hall–Kier alpha value is -1.39. The largest absolute Gasteiger partial charge is 0.348 e. The van der Waals surface area contributed by atoms with Gasteiger partial charge in [0.2, 0.25) is 5.91 Å². The number of piperidine rings is 1. The number of carbonyl (C=O) groups is 1. The Bertz CT molecular complexity index is 469.